The molecule has 0 saturated carbocycles. The third-order valence-corrected chi connectivity index (χ3v) is 12.1. The average molecular weight is 706 g/mol. The van der Waals surface area contributed by atoms with Gasteiger partial charge in [-0.1, -0.05) is 140 Å². The van der Waals surface area contributed by atoms with Gasteiger partial charge in [-0.3, -0.25) is 0 Å². The van der Waals surface area contributed by atoms with Gasteiger partial charge < -0.3 is 9.32 Å². The summed E-state index contributed by atoms with van der Waals surface area (Å²) in [5.74, 6) is 0. The van der Waals surface area contributed by atoms with E-state index in [-0.39, 0.29) is 0 Å². The zero-order valence-corrected chi connectivity index (χ0v) is 30.6. The molecule has 0 radical (unpaired) electrons. The van der Waals surface area contributed by atoms with Gasteiger partial charge in [-0.25, -0.2) is 0 Å². The highest BCUT2D eigenvalue weighted by Crippen LogP contribution is 2.59. The number of para-hydroxylation sites is 2. The Labute approximate surface area is 322 Å². The third-order valence-electron chi connectivity index (χ3n) is 12.1. The van der Waals surface area contributed by atoms with Crippen molar-refractivity contribution in [1.82, 2.24) is 0 Å². The third kappa shape index (κ3) is 4.88. The Bertz CT molecular complexity index is 2830. The molecule has 262 valence electrons. The minimum Gasteiger partial charge on any atom is -0.456 e. The summed E-state index contributed by atoms with van der Waals surface area (Å²) < 4.78 is 6.54. The van der Waals surface area contributed by atoms with Crippen LogP contribution >= 0.6 is 0 Å². The standard InChI is InChI=1S/C53H39NO/c1-4-19-37(20-5-1)53(38-21-6-2-7-22-38)48-29-14-12-26-43(48)46-34-47(42-28-16-18-36-17-10-11-25-41(36)42)50(35-49(46)53)54(39-23-8-3-9-24-39)40-31-32-45-44-27-13-15-30-51(44)55-52(45)33-40/h1-9,12-16,18-24,26-35H,10-11,17,25H2. The minimum absolute atomic E-state index is 0.525. The molecule has 0 unspecified atom stereocenters. The number of hydrogen-bond acceptors (Lipinski definition) is 2. The van der Waals surface area contributed by atoms with Crippen molar-refractivity contribution in [2.24, 2.45) is 0 Å². The van der Waals surface area contributed by atoms with E-state index in [0.29, 0.717) is 0 Å². The number of benzene rings is 8. The van der Waals surface area contributed by atoms with Crippen LogP contribution in [-0.2, 0) is 18.3 Å². The molecule has 0 aliphatic heterocycles. The molecule has 2 heteroatoms. The van der Waals surface area contributed by atoms with Crippen LogP contribution in [0.15, 0.2) is 192 Å². The van der Waals surface area contributed by atoms with Crippen molar-refractivity contribution in [1.29, 1.82) is 0 Å². The quantitative estimate of drug-likeness (QED) is 0.171. The molecule has 2 nitrogen and oxygen atoms in total. The summed E-state index contributed by atoms with van der Waals surface area (Å²) in [5, 5.41) is 2.26. The molecule has 0 spiro atoms. The minimum atomic E-state index is -0.525. The summed E-state index contributed by atoms with van der Waals surface area (Å²) in [6.07, 6.45) is 4.67. The van der Waals surface area contributed by atoms with E-state index >= 15 is 0 Å². The fourth-order valence-corrected chi connectivity index (χ4v) is 9.77. The Hall–Kier alpha value is -6.64. The van der Waals surface area contributed by atoms with Crippen molar-refractivity contribution >= 4 is 39.0 Å². The Kier molecular flexibility index (Phi) is 7.38. The van der Waals surface area contributed by atoms with Crippen molar-refractivity contribution in [2.45, 2.75) is 31.1 Å². The SMILES string of the molecule is c1ccc(N(c2ccc3c(c2)oc2ccccc23)c2cc3c(cc2-c2cccc4c2CCCC4)-c2ccccc2C3(c2ccccc2)c2ccccc2)cc1. The molecule has 1 aromatic heterocycles. The van der Waals surface area contributed by atoms with Crippen LogP contribution in [0, 0.1) is 0 Å². The van der Waals surface area contributed by atoms with E-state index in [1.807, 2.05) is 6.07 Å². The highest BCUT2D eigenvalue weighted by atomic mass is 16.3. The first-order valence-electron chi connectivity index (χ1n) is 19.6. The maximum absolute atomic E-state index is 6.54. The lowest BCUT2D eigenvalue weighted by atomic mass is 9.67. The van der Waals surface area contributed by atoms with Crippen molar-refractivity contribution in [3.63, 3.8) is 0 Å². The van der Waals surface area contributed by atoms with Gasteiger partial charge in [0, 0.05) is 33.8 Å². The largest absolute Gasteiger partial charge is 0.456 e. The maximum atomic E-state index is 6.54. The first-order chi connectivity index (χ1) is 27.3. The van der Waals surface area contributed by atoms with E-state index in [2.05, 4.69) is 187 Å². The molecule has 1 heterocycles. The second-order valence-corrected chi connectivity index (χ2v) is 15.0. The zero-order valence-electron chi connectivity index (χ0n) is 30.6. The molecule has 55 heavy (non-hydrogen) atoms. The molecule has 9 aromatic rings. The van der Waals surface area contributed by atoms with Crippen LogP contribution in [0.3, 0.4) is 0 Å². The van der Waals surface area contributed by atoms with Gasteiger partial charge in [-0.15, -0.1) is 0 Å². The smallest absolute Gasteiger partial charge is 0.137 e. The second kappa shape index (κ2) is 12.7. The van der Waals surface area contributed by atoms with E-state index in [0.717, 1.165) is 51.8 Å². The first-order valence-corrected chi connectivity index (χ1v) is 19.6. The zero-order chi connectivity index (χ0) is 36.3. The highest BCUT2D eigenvalue weighted by molar-refractivity contribution is 6.06. The van der Waals surface area contributed by atoms with E-state index < -0.39 is 5.41 Å². The molecular weight excluding hydrogens is 667 g/mol. The molecule has 2 aliphatic rings. The first kappa shape index (κ1) is 31.8. The fourth-order valence-electron chi connectivity index (χ4n) is 9.77. The number of furan rings is 1. The predicted octanol–water partition coefficient (Wildman–Crippen LogP) is 14.0. The lowest BCUT2D eigenvalue weighted by Crippen LogP contribution is -2.28. The number of aryl methyl sites for hydroxylation is 1. The molecule has 0 amide bonds. The van der Waals surface area contributed by atoms with Gasteiger partial charge in [0.05, 0.1) is 11.1 Å². The molecule has 0 bridgehead atoms. The Morgan fingerprint density at radius 3 is 1.87 bits per heavy atom. The molecule has 2 aliphatic carbocycles. The van der Waals surface area contributed by atoms with Crippen LogP contribution in [0.2, 0.25) is 0 Å². The van der Waals surface area contributed by atoms with Crippen molar-refractivity contribution in [2.75, 3.05) is 4.90 Å². The van der Waals surface area contributed by atoms with Gasteiger partial charge in [0.15, 0.2) is 0 Å². The number of hydrogen-bond donors (Lipinski definition) is 0. The maximum Gasteiger partial charge on any atom is 0.137 e. The number of anilines is 3. The van der Waals surface area contributed by atoms with Crippen LogP contribution in [-0.4, -0.2) is 0 Å². The Balaban J connectivity index is 1.27. The van der Waals surface area contributed by atoms with E-state index in [1.54, 1.807) is 0 Å². The molecule has 0 N–H and O–H groups in total. The Morgan fingerprint density at radius 2 is 1.07 bits per heavy atom. The van der Waals surface area contributed by atoms with Crippen LogP contribution in [0.4, 0.5) is 17.1 Å². The summed E-state index contributed by atoms with van der Waals surface area (Å²) in [6.45, 7) is 0. The average Bonchev–Trinajstić information content (AvgIpc) is 3.77. The van der Waals surface area contributed by atoms with Crippen molar-refractivity contribution < 1.29 is 4.42 Å². The summed E-state index contributed by atoms with van der Waals surface area (Å²) in [5.41, 5.74) is 17.8. The molecule has 11 rings (SSSR count). The lowest BCUT2D eigenvalue weighted by molar-refractivity contribution is 0.669. The van der Waals surface area contributed by atoms with Crippen LogP contribution < -0.4 is 4.90 Å². The lowest BCUT2D eigenvalue weighted by Gasteiger charge is -2.35. The fraction of sp³-hybridized carbons (Fsp3) is 0.0943. The van der Waals surface area contributed by atoms with Crippen LogP contribution in [0.5, 0.6) is 0 Å². The van der Waals surface area contributed by atoms with Gasteiger partial charge in [0.2, 0.25) is 0 Å². The predicted molar refractivity (Wildman–Crippen MR) is 228 cm³/mol. The second-order valence-electron chi connectivity index (χ2n) is 15.0. The summed E-state index contributed by atoms with van der Waals surface area (Å²) >= 11 is 0. The molecule has 0 saturated heterocycles. The van der Waals surface area contributed by atoms with Crippen molar-refractivity contribution in [3.8, 4) is 22.3 Å². The van der Waals surface area contributed by atoms with Crippen LogP contribution in [0.25, 0.3) is 44.2 Å². The van der Waals surface area contributed by atoms with Crippen molar-refractivity contribution in [3.05, 3.63) is 221 Å². The number of rotatable bonds is 6. The number of nitrogens with zero attached hydrogens (tertiary/aromatic N) is 1. The van der Waals surface area contributed by atoms with Gasteiger partial charge in [-0.05, 0) is 118 Å². The summed E-state index contributed by atoms with van der Waals surface area (Å²) in [4.78, 5) is 2.47. The molecule has 0 fully saturated rings. The van der Waals surface area contributed by atoms with Crippen LogP contribution in [0.1, 0.15) is 46.2 Å². The normalized spacial score (nSPS) is 14.0. The van der Waals surface area contributed by atoms with E-state index in [1.165, 1.54) is 68.5 Å². The van der Waals surface area contributed by atoms with Gasteiger partial charge in [0.1, 0.15) is 11.2 Å². The summed E-state index contributed by atoms with van der Waals surface area (Å²) in [6, 6.07) is 69.3. The Morgan fingerprint density at radius 1 is 0.418 bits per heavy atom. The van der Waals surface area contributed by atoms with Gasteiger partial charge >= 0.3 is 0 Å². The summed E-state index contributed by atoms with van der Waals surface area (Å²) in [7, 11) is 0. The topological polar surface area (TPSA) is 16.4 Å². The monoisotopic (exact) mass is 705 g/mol. The number of fused-ring (bicyclic) bond motifs is 7. The van der Waals surface area contributed by atoms with Gasteiger partial charge in [-0.2, -0.15) is 0 Å². The molecule has 0 atom stereocenters. The van der Waals surface area contributed by atoms with E-state index in [4.69, 9.17) is 4.42 Å². The molecule has 8 aromatic carbocycles. The molecular formula is C53H39NO. The van der Waals surface area contributed by atoms with E-state index in [9.17, 15) is 0 Å². The van der Waals surface area contributed by atoms with Gasteiger partial charge in [0.25, 0.3) is 0 Å². The highest BCUT2D eigenvalue weighted by Gasteiger charge is 2.47.